The fraction of sp³-hybridized carbons (Fsp3) is 0.263. The van der Waals surface area contributed by atoms with Crippen molar-refractivity contribution in [3.8, 4) is 5.75 Å². The topological polar surface area (TPSA) is 119 Å². The molecule has 1 aliphatic rings. The van der Waals surface area contributed by atoms with Crippen LogP contribution in [0.1, 0.15) is 23.2 Å². The van der Waals surface area contributed by atoms with Crippen LogP contribution < -0.4 is 15.8 Å². The number of primary amides is 1. The predicted octanol–water partition coefficient (Wildman–Crippen LogP) is 1.59. The summed E-state index contributed by atoms with van der Waals surface area (Å²) in [6.07, 6.45) is 1.74. The van der Waals surface area contributed by atoms with Crippen molar-refractivity contribution in [1.82, 2.24) is 4.31 Å². The van der Waals surface area contributed by atoms with Gasteiger partial charge < -0.3 is 15.8 Å². The van der Waals surface area contributed by atoms with Gasteiger partial charge in [-0.2, -0.15) is 4.31 Å². The van der Waals surface area contributed by atoms with Crippen LogP contribution in [0.5, 0.6) is 5.75 Å². The van der Waals surface area contributed by atoms with Gasteiger partial charge in [0, 0.05) is 24.3 Å². The molecule has 8 nitrogen and oxygen atoms in total. The number of hydrogen-bond acceptors (Lipinski definition) is 5. The molecule has 0 bridgehead atoms. The smallest absolute Gasteiger partial charge is 0.262 e. The molecule has 0 spiro atoms. The maximum atomic E-state index is 12.5. The van der Waals surface area contributed by atoms with Crippen LogP contribution in [0, 0.1) is 0 Å². The number of nitrogens with zero attached hydrogens (tertiary/aromatic N) is 1. The third kappa shape index (κ3) is 4.68. The van der Waals surface area contributed by atoms with E-state index in [0.29, 0.717) is 24.5 Å². The van der Waals surface area contributed by atoms with Crippen LogP contribution in [0.15, 0.2) is 53.4 Å². The summed E-state index contributed by atoms with van der Waals surface area (Å²) in [5.41, 5.74) is 5.95. The molecule has 0 radical (unpaired) electrons. The van der Waals surface area contributed by atoms with E-state index < -0.39 is 21.8 Å². The molecular formula is C19H21N3O5S. The van der Waals surface area contributed by atoms with Crippen LogP contribution >= 0.6 is 0 Å². The van der Waals surface area contributed by atoms with Crippen LogP contribution in [0.3, 0.4) is 0 Å². The Kier molecular flexibility index (Phi) is 5.96. The number of carbonyl (C=O) groups excluding carboxylic acids is 2. The van der Waals surface area contributed by atoms with Gasteiger partial charge in [0.25, 0.3) is 5.91 Å². The zero-order valence-corrected chi connectivity index (χ0v) is 15.9. The molecule has 0 atom stereocenters. The van der Waals surface area contributed by atoms with Gasteiger partial charge in [-0.15, -0.1) is 0 Å². The van der Waals surface area contributed by atoms with E-state index in [1.165, 1.54) is 34.6 Å². The highest BCUT2D eigenvalue weighted by Crippen LogP contribution is 2.22. The lowest BCUT2D eigenvalue weighted by atomic mass is 10.2. The van der Waals surface area contributed by atoms with Gasteiger partial charge in [0.05, 0.1) is 4.90 Å². The molecule has 0 unspecified atom stereocenters. The molecule has 0 saturated carbocycles. The van der Waals surface area contributed by atoms with E-state index in [1.807, 2.05) is 0 Å². The maximum absolute atomic E-state index is 12.5. The maximum Gasteiger partial charge on any atom is 0.262 e. The zero-order chi connectivity index (χ0) is 20.1. The third-order valence-electron chi connectivity index (χ3n) is 4.33. The van der Waals surface area contributed by atoms with Crippen LogP contribution in [0.2, 0.25) is 0 Å². The number of ether oxygens (including phenoxy) is 1. The molecule has 1 saturated heterocycles. The molecule has 0 aliphatic carbocycles. The molecule has 28 heavy (non-hydrogen) atoms. The highest BCUT2D eigenvalue weighted by molar-refractivity contribution is 7.89. The Balaban J connectivity index is 1.57. The Morgan fingerprint density at radius 1 is 1.07 bits per heavy atom. The van der Waals surface area contributed by atoms with Gasteiger partial charge in [-0.3, -0.25) is 9.59 Å². The minimum absolute atomic E-state index is 0.201. The first-order chi connectivity index (χ1) is 13.4. The van der Waals surface area contributed by atoms with Crippen LogP contribution in [0.4, 0.5) is 5.69 Å². The number of amides is 2. The first kappa shape index (κ1) is 19.8. The summed E-state index contributed by atoms with van der Waals surface area (Å²) in [7, 11) is -3.48. The van der Waals surface area contributed by atoms with E-state index in [-0.39, 0.29) is 17.1 Å². The number of nitrogens with one attached hydrogen (secondary N) is 1. The van der Waals surface area contributed by atoms with Crippen molar-refractivity contribution in [2.45, 2.75) is 17.7 Å². The van der Waals surface area contributed by atoms with Crippen molar-refractivity contribution in [2.75, 3.05) is 25.0 Å². The van der Waals surface area contributed by atoms with Gasteiger partial charge in [-0.1, -0.05) is 6.07 Å². The molecule has 1 aliphatic heterocycles. The zero-order valence-electron chi connectivity index (χ0n) is 15.1. The molecule has 9 heteroatoms. The second-order valence-electron chi connectivity index (χ2n) is 6.36. The first-order valence-electron chi connectivity index (χ1n) is 8.79. The Hall–Kier alpha value is -2.91. The molecule has 2 aromatic carbocycles. The Morgan fingerprint density at radius 2 is 1.75 bits per heavy atom. The van der Waals surface area contributed by atoms with Crippen molar-refractivity contribution in [3.05, 3.63) is 54.1 Å². The third-order valence-corrected chi connectivity index (χ3v) is 6.24. The SMILES string of the molecule is NC(=O)c1cccc(OCC(=O)Nc2ccc(S(=O)(=O)N3CCCC3)cc2)c1. The van der Waals surface area contributed by atoms with Crippen LogP contribution in [0.25, 0.3) is 0 Å². The van der Waals surface area contributed by atoms with Crippen molar-refractivity contribution < 1.29 is 22.7 Å². The summed E-state index contributed by atoms with van der Waals surface area (Å²) in [5, 5.41) is 2.63. The fourth-order valence-corrected chi connectivity index (χ4v) is 4.39. The predicted molar refractivity (Wildman–Crippen MR) is 104 cm³/mol. The van der Waals surface area contributed by atoms with Crippen LogP contribution in [-0.2, 0) is 14.8 Å². The first-order valence-corrected chi connectivity index (χ1v) is 10.2. The summed E-state index contributed by atoms with van der Waals surface area (Å²) < 4.78 is 31.8. The molecular weight excluding hydrogens is 382 g/mol. The number of carbonyl (C=O) groups is 2. The van der Waals surface area contributed by atoms with Gasteiger partial charge in [-0.25, -0.2) is 8.42 Å². The lowest BCUT2D eigenvalue weighted by Gasteiger charge is -2.15. The Morgan fingerprint density at radius 3 is 2.39 bits per heavy atom. The molecule has 0 aromatic heterocycles. The van der Waals surface area contributed by atoms with Gasteiger partial charge in [-0.05, 0) is 55.3 Å². The number of sulfonamides is 1. The molecule has 2 aromatic rings. The van der Waals surface area contributed by atoms with Crippen molar-refractivity contribution in [1.29, 1.82) is 0 Å². The fourth-order valence-electron chi connectivity index (χ4n) is 2.87. The monoisotopic (exact) mass is 403 g/mol. The van der Waals surface area contributed by atoms with E-state index in [9.17, 15) is 18.0 Å². The number of anilines is 1. The van der Waals surface area contributed by atoms with Crippen LogP contribution in [-0.4, -0.2) is 44.2 Å². The standard InChI is InChI=1S/C19H21N3O5S/c20-19(24)14-4-3-5-16(12-14)27-13-18(23)21-15-6-8-17(9-7-15)28(25,26)22-10-1-2-11-22/h3-9,12H,1-2,10-11,13H2,(H2,20,24)(H,21,23). The molecule has 1 fully saturated rings. The molecule has 148 valence electrons. The van der Waals surface area contributed by atoms with E-state index in [2.05, 4.69) is 5.32 Å². The van der Waals surface area contributed by atoms with Crippen molar-refractivity contribution >= 4 is 27.5 Å². The minimum atomic E-state index is -3.48. The Labute approximate surface area is 163 Å². The lowest BCUT2D eigenvalue weighted by Crippen LogP contribution is -2.27. The molecule has 1 heterocycles. The van der Waals surface area contributed by atoms with Crippen molar-refractivity contribution in [2.24, 2.45) is 5.73 Å². The second-order valence-corrected chi connectivity index (χ2v) is 8.30. The van der Waals surface area contributed by atoms with Gasteiger partial charge in [0.2, 0.25) is 15.9 Å². The van der Waals surface area contributed by atoms with Crippen molar-refractivity contribution in [3.63, 3.8) is 0 Å². The van der Waals surface area contributed by atoms with Gasteiger partial charge >= 0.3 is 0 Å². The lowest BCUT2D eigenvalue weighted by molar-refractivity contribution is -0.118. The molecule has 3 rings (SSSR count). The largest absolute Gasteiger partial charge is 0.484 e. The van der Waals surface area contributed by atoms with Gasteiger partial charge in [0.15, 0.2) is 6.61 Å². The summed E-state index contributed by atoms with van der Waals surface area (Å²) in [6.45, 7) is 0.806. The minimum Gasteiger partial charge on any atom is -0.484 e. The average Bonchev–Trinajstić information content (AvgIpc) is 3.23. The summed E-state index contributed by atoms with van der Waals surface area (Å²) in [5.74, 6) is -0.656. The number of nitrogens with two attached hydrogens (primary N) is 1. The normalized spacial score (nSPS) is 14.6. The molecule has 2 amide bonds. The Bertz CT molecular complexity index is 967. The highest BCUT2D eigenvalue weighted by Gasteiger charge is 2.26. The van der Waals surface area contributed by atoms with E-state index in [4.69, 9.17) is 10.5 Å². The summed E-state index contributed by atoms with van der Waals surface area (Å²) >= 11 is 0. The number of benzene rings is 2. The number of hydrogen-bond donors (Lipinski definition) is 2. The highest BCUT2D eigenvalue weighted by atomic mass is 32.2. The van der Waals surface area contributed by atoms with Gasteiger partial charge in [0.1, 0.15) is 5.75 Å². The second kappa shape index (κ2) is 8.41. The number of rotatable bonds is 7. The van der Waals surface area contributed by atoms with E-state index in [0.717, 1.165) is 12.8 Å². The van der Waals surface area contributed by atoms with E-state index >= 15 is 0 Å². The summed E-state index contributed by atoms with van der Waals surface area (Å²) in [6, 6.07) is 12.2. The van der Waals surface area contributed by atoms with E-state index in [1.54, 1.807) is 18.2 Å². The molecule has 3 N–H and O–H groups in total. The summed E-state index contributed by atoms with van der Waals surface area (Å²) in [4.78, 5) is 23.4. The average molecular weight is 403 g/mol. The quantitative estimate of drug-likeness (QED) is 0.728.